The summed E-state index contributed by atoms with van der Waals surface area (Å²) < 4.78 is 0. The molecular weight excluding hydrogens is 370 g/mol. The molecule has 28 heavy (non-hydrogen) atoms. The van der Waals surface area contributed by atoms with Gasteiger partial charge in [0.1, 0.15) is 9.71 Å². The van der Waals surface area contributed by atoms with Crippen molar-refractivity contribution in [2.24, 2.45) is 0 Å². The number of fused-ring (bicyclic) bond motifs is 1. The van der Waals surface area contributed by atoms with Gasteiger partial charge in [-0.3, -0.25) is 0 Å². The third-order valence-corrected chi connectivity index (χ3v) is 5.74. The van der Waals surface area contributed by atoms with E-state index in [4.69, 9.17) is 10.7 Å². The first-order valence-electron chi connectivity index (χ1n) is 8.75. The molecule has 2 heterocycles. The number of hydrogen-bond donors (Lipinski definition) is 2. The molecule has 4 rings (SSSR count). The van der Waals surface area contributed by atoms with Crippen LogP contribution in [0.5, 0.6) is 0 Å². The fraction of sp³-hybridized carbons (Fsp3) is 0.0909. The largest absolute Gasteiger partial charge is 0.477 e. The summed E-state index contributed by atoms with van der Waals surface area (Å²) in [7, 11) is 3.98. The Labute approximate surface area is 166 Å². The zero-order chi connectivity index (χ0) is 19.8. The normalized spacial score (nSPS) is 10.9. The van der Waals surface area contributed by atoms with Gasteiger partial charge in [-0.05, 0) is 29.3 Å². The van der Waals surface area contributed by atoms with Crippen LogP contribution >= 0.6 is 11.3 Å². The molecule has 0 atom stereocenters. The minimum Gasteiger partial charge on any atom is -0.477 e. The second-order valence-electron chi connectivity index (χ2n) is 6.69. The number of nitrogen functional groups attached to an aromatic ring is 1. The van der Waals surface area contributed by atoms with Crippen LogP contribution in [0.3, 0.4) is 0 Å². The molecule has 0 unspecified atom stereocenters. The molecule has 0 fully saturated rings. The van der Waals surface area contributed by atoms with Crippen molar-refractivity contribution in [2.75, 3.05) is 24.7 Å². The maximum Gasteiger partial charge on any atom is 0.348 e. The molecular formula is C22H19N3O2S. The zero-order valence-corrected chi connectivity index (χ0v) is 16.3. The minimum absolute atomic E-state index is 0.124. The second kappa shape index (κ2) is 6.98. The molecule has 0 bridgehead atoms. The van der Waals surface area contributed by atoms with E-state index in [1.807, 2.05) is 79.7 Å². The van der Waals surface area contributed by atoms with Crippen molar-refractivity contribution >= 4 is 38.9 Å². The smallest absolute Gasteiger partial charge is 0.348 e. The summed E-state index contributed by atoms with van der Waals surface area (Å²) in [4.78, 5) is 19.1. The van der Waals surface area contributed by atoms with Crippen molar-refractivity contribution in [3.63, 3.8) is 0 Å². The van der Waals surface area contributed by atoms with Gasteiger partial charge in [0.05, 0.1) is 11.4 Å². The molecule has 6 heteroatoms. The number of nitrogens with zero attached hydrogens (tertiary/aromatic N) is 2. The summed E-state index contributed by atoms with van der Waals surface area (Å²) in [6.45, 7) is 0. The number of carboxylic acids is 1. The topological polar surface area (TPSA) is 79.5 Å². The number of nitrogens with two attached hydrogens (primary N) is 1. The molecule has 2 aromatic carbocycles. The van der Waals surface area contributed by atoms with E-state index in [-0.39, 0.29) is 10.6 Å². The molecule has 0 spiro atoms. The van der Waals surface area contributed by atoms with Crippen LogP contribution in [0.4, 0.5) is 11.4 Å². The van der Waals surface area contributed by atoms with Gasteiger partial charge >= 0.3 is 5.97 Å². The fourth-order valence-electron chi connectivity index (χ4n) is 3.20. The number of aromatic nitrogens is 1. The predicted molar refractivity (Wildman–Crippen MR) is 116 cm³/mol. The summed E-state index contributed by atoms with van der Waals surface area (Å²) in [5.41, 5.74) is 11.2. The first-order chi connectivity index (χ1) is 13.5. The lowest BCUT2D eigenvalue weighted by Gasteiger charge is -2.14. The lowest BCUT2D eigenvalue weighted by molar-refractivity contribution is 0.0703. The molecule has 0 amide bonds. The number of hydrogen-bond acceptors (Lipinski definition) is 5. The van der Waals surface area contributed by atoms with Gasteiger partial charge in [-0.15, -0.1) is 11.3 Å². The third kappa shape index (κ3) is 3.08. The molecule has 0 radical (unpaired) electrons. The maximum atomic E-state index is 11.6. The molecule has 0 aliphatic heterocycles. The van der Waals surface area contributed by atoms with Gasteiger partial charge in [0.25, 0.3) is 0 Å². The van der Waals surface area contributed by atoms with Crippen LogP contribution in [-0.4, -0.2) is 30.2 Å². The van der Waals surface area contributed by atoms with Crippen molar-refractivity contribution in [1.29, 1.82) is 0 Å². The van der Waals surface area contributed by atoms with E-state index in [1.54, 1.807) is 0 Å². The Kier molecular flexibility index (Phi) is 4.49. The first-order valence-corrected chi connectivity index (χ1v) is 9.57. The zero-order valence-electron chi connectivity index (χ0n) is 15.5. The van der Waals surface area contributed by atoms with Gasteiger partial charge in [0, 0.05) is 30.7 Å². The highest BCUT2D eigenvalue weighted by atomic mass is 32.1. The lowest BCUT2D eigenvalue weighted by atomic mass is 9.99. The van der Waals surface area contributed by atoms with E-state index in [0.717, 1.165) is 39.4 Å². The molecule has 4 aromatic rings. The highest BCUT2D eigenvalue weighted by Gasteiger charge is 2.21. The van der Waals surface area contributed by atoms with Crippen LogP contribution in [0.1, 0.15) is 9.67 Å². The Hall–Kier alpha value is -3.38. The van der Waals surface area contributed by atoms with Gasteiger partial charge < -0.3 is 15.7 Å². The fourth-order valence-corrected chi connectivity index (χ4v) is 4.16. The van der Waals surface area contributed by atoms with Crippen molar-refractivity contribution in [2.45, 2.75) is 0 Å². The van der Waals surface area contributed by atoms with E-state index < -0.39 is 5.97 Å². The average Bonchev–Trinajstić information content (AvgIpc) is 3.05. The van der Waals surface area contributed by atoms with E-state index in [0.29, 0.717) is 10.2 Å². The summed E-state index contributed by atoms with van der Waals surface area (Å²) >= 11 is 1.11. The third-order valence-electron chi connectivity index (χ3n) is 4.66. The summed E-state index contributed by atoms with van der Waals surface area (Å²) in [6, 6.07) is 19.9. The Balaban J connectivity index is 2.00. The number of anilines is 2. The molecule has 0 saturated heterocycles. The minimum atomic E-state index is -1.03. The number of aromatic carboxylic acids is 1. The van der Waals surface area contributed by atoms with Crippen LogP contribution in [0, 0.1) is 0 Å². The Morgan fingerprint density at radius 1 is 1.04 bits per heavy atom. The molecule has 0 aliphatic rings. The number of rotatable bonds is 4. The average molecular weight is 389 g/mol. The highest BCUT2D eigenvalue weighted by Crippen LogP contribution is 2.41. The number of benzene rings is 2. The number of thiophene rings is 1. The van der Waals surface area contributed by atoms with Crippen molar-refractivity contribution < 1.29 is 9.90 Å². The molecule has 140 valence electrons. The van der Waals surface area contributed by atoms with Crippen molar-refractivity contribution in [3.05, 3.63) is 65.5 Å². The first kappa shape index (κ1) is 18.0. The summed E-state index contributed by atoms with van der Waals surface area (Å²) in [5, 5.41) is 10.2. The van der Waals surface area contributed by atoms with Crippen LogP contribution < -0.4 is 10.6 Å². The Morgan fingerprint density at radius 2 is 1.71 bits per heavy atom. The van der Waals surface area contributed by atoms with Crippen LogP contribution in [0.15, 0.2) is 60.7 Å². The quantitative estimate of drug-likeness (QED) is 0.515. The summed E-state index contributed by atoms with van der Waals surface area (Å²) in [6.07, 6.45) is 0. The van der Waals surface area contributed by atoms with Gasteiger partial charge in [0.15, 0.2) is 0 Å². The molecule has 0 aliphatic carbocycles. The van der Waals surface area contributed by atoms with Crippen LogP contribution in [-0.2, 0) is 0 Å². The second-order valence-corrected chi connectivity index (χ2v) is 7.69. The molecule has 2 aromatic heterocycles. The van der Waals surface area contributed by atoms with E-state index in [1.165, 1.54) is 0 Å². The van der Waals surface area contributed by atoms with Crippen LogP contribution in [0.25, 0.3) is 32.6 Å². The van der Waals surface area contributed by atoms with Gasteiger partial charge in [-0.25, -0.2) is 9.78 Å². The molecule has 0 saturated carbocycles. The standard InChI is InChI=1S/C22H19N3O2S/c1-25(2)15-10-8-13(9-11-15)16-12-17(14-6-4-3-5-7-14)24-21-18(16)19(23)20(28-21)22(26)27/h3-12H,23H2,1-2H3,(H,26,27). The van der Waals surface area contributed by atoms with Gasteiger partial charge in [0.2, 0.25) is 0 Å². The number of carbonyl (C=O) groups is 1. The van der Waals surface area contributed by atoms with Crippen molar-refractivity contribution in [1.82, 2.24) is 4.98 Å². The van der Waals surface area contributed by atoms with Crippen LogP contribution in [0.2, 0.25) is 0 Å². The summed E-state index contributed by atoms with van der Waals surface area (Å²) in [5.74, 6) is -1.03. The van der Waals surface area contributed by atoms with Gasteiger partial charge in [-0.1, -0.05) is 42.5 Å². The Morgan fingerprint density at radius 3 is 2.32 bits per heavy atom. The van der Waals surface area contributed by atoms with E-state index >= 15 is 0 Å². The SMILES string of the molecule is CN(C)c1ccc(-c2cc(-c3ccccc3)nc3sc(C(=O)O)c(N)c23)cc1. The maximum absolute atomic E-state index is 11.6. The number of pyridine rings is 1. The van der Waals surface area contributed by atoms with Crippen molar-refractivity contribution in [3.8, 4) is 22.4 Å². The highest BCUT2D eigenvalue weighted by molar-refractivity contribution is 7.21. The Bertz CT molecular complexity index is 1170. The predicted octanol–water partition coefficient (Wildman–Crippen LogP) is 4.98. The van der Waals surface area contributed by atoms with Gasteiger partial charge in [-0.2, -0.15) is 0 Å². The van der Waals surface area contributed by atoms with E-state index in [9.17, 15) is 9.90 Å². The monoisotopic (exact) mass is 389 g/mol. The molecule has 3 N–H and O–H groups in total. The number of carboxylic acid groups (broad SMARTS) is 1. The van der Waals surface area contributed by atoms with E-state index in [2.05, 4.69) is 0 Å². The molecule has 5 nitrogen and oxygen atoms in total. The lowest BCUT2D eigenvalue weighted by Crippen LogP contribution is -2.07.